The van der Waals surface area contributed by atoms with Gasteiger partial charge in [0.15, 0.2) is 0 Å². The van der Waals surface area contributed by atoms with E-state index in [-0.39, 0.29) is 25.0 Å². The fraction of sp³-hybridized carbons (Fsp3) is 0.611. The molecule has 1 saturated heterocycles. The van der Waals surface area contributed by atoms with Crippen molar-refractivity contribution < 1.29 is 22.7 Å². The number of hydrogen-bond acceptors (Lipinski definition) is 5. The van der Waals surface area contributed by atoms with E-state index in [2.05, 4.69) is 5.32 Å². The lowest BCUT2D eigenvalue weighted by atomic mass is 10.1. The summed E-state index contributed by atoms with van der Waals surface area (Å²) in [6.07, 6.45) is 3.77. The maximum absolute atomic E-state index is 12.0. The number of amides is 1. The molecule has 0 radical (unpaired) electrons. The maximum Gasteiger partial charge on any atom is 0.221 e. The quantitative estimate of drug-likeness (QED) is 0.655. The first-order valence-corrected chi connectivity index (χ1v) is 10.7. The first kappa shape index (κ1) is 20.7. The summed E-state index contributed by atoms with van der Waals surface area (Å²) < 4.78 is 35.8. The van der Waals surface area contributed by atoms with E-state index in [1.54, 1.807) is 7.11 Å². The van der Waals surface area contributed by atoms with Gasteiger partial charge in [0.25, 0.3) is 0 Å². The molecule has 1 atom stereocenters. The van der Waals surface area contributed by atoms with Crippen molar-refractivity contribution in [2.24, 2.45) is 0 Å². The molecule has 2 rings (SSSR count). The standard InChI is InChI=1S/C18H28N2O5S/c1-24-16-7-5-15(6-8-16)9-11-19-18(21)10-12-20(26(2,22)23)14-17-4-3-13-25-17/h5-8,17H,3-4,9-14H2,1-2H3,(H,19,21). The number of ether oxygens (including phenoxy) is 2. The fourth-order valence-corrected chi connectivity index (χ4v) is 3.72. The first-order chi connectivity index (χ1) is 12.4. The van der Waals surface area contributed by atoms with Gasteiger partial charge >= 0.3 is 0 Å². The zero-order valence-corrected chi connectivity index (χ0v) is 16.3. The summed E-state index contributed by atoms with van der Waals surface area (Å²) in [5.41, 5.74) is 1.10. The Morgan fingerprint density at radius 3 is 2.65 bits per heavy atom. The Morgan fingerprint density at radius 2 is 2.08 bits per heavy atom. The monoisotopic (exact) mass is 384 g/mol. The molecule has 1 aliphatic rings. The van der Waals surface area contributed by atoms with Crippen LogP contribution in [0.4, 0.5) is 0 Å². The molecule has 1 aliphatic heterocycles. The van der Waals surface area contributed by atoms with Crippen LogP contribution in [0.2, 0.25) is 0 Å². The largest absolute Gasteiger partial charge is 0.497 e. The van der Waals surface area contributed by atoms with E-state index in [1.807, 2.05) is 24.3 Å². The van der Waals surface area contributed by atoms with Crippen molar-refractivity contribution >= 4 is 15.9 Å². The van der Waals surface area contributed by atoms with Crippen molar-refractivity contribution in [3.8, 4) is 5.75 Å². The Bertz CT molecular complexity index is 669. The molecule has 0 saturated carbocycles. The minimum atomic E-state index is -3.36. The molecule has 0 bridgehead atoms. The van der Waals surface area contributed by atoms with Gasteiger partial charge in [-0.25, -0.2) is 8.42 Å². The zero-order valence-electron chi connectivity index (χ0n) is 15.4. The molecule has 7 nitrogen and oxygen atoms in total. The Labute approximate surface area is 155 Å². The second-order valence-electron chi connectivity index (χ2n) is 6.45. The number of sulfonamides is 1. The molecule has 0 aromatic heterocycles. The molecule has 8 heteroatoms. The van der Waals surface area contributed by atoms with Crippen LogP contribution in [0.5, 0.6) is 5.75 Å². The lowest BCUT2D eigenvalue weighted by Gasteiger charge is -2.22. The Balaban J connectivity index is 1.72. The highest BCUT2D eigenvalue weighted by Crippen LogP contribution is 2.15. The topological polar surface area (TPSA) is 84.9 Å². The fourth-order valence-electron chi connectivity index (χ4n) is 2.86. The third-order valence-electron chi connectivity index (χ3n) is 4.38. The van der Waals surface area contributed by atoms with E-state index in [1.165, 1.54) is 10.6 Å². The summed E-state index contributed by atoms with van der Waals surface area (Å²) in [6, 6.07) is 7.68. The van der Waals surface area contributed by atoms with Crippen molar-refractivity contribution in [3.63, 3.8) is 0 Å². The summed E-state index contributed by atoms with van der Waals surface area (Å²) in [5.74, 6) is 0.643. The molecule has 1 unspecified atom stereocenters. The lowest BCUT2D eigenvalue weighted by Crippen LogP contribution is -2.39. The van der Waals surface area contributed by atoms with Crippen LogP contribution < -0.4 is 10.1 Å². The molecular weight excluding hydrogens is 356 g/mol. The molecule has 1 heterocycles. The highest BCUT2D eigenvalue weighted by atomic mass is 32.2. The van der Waals surface area contributed by atoms with Crippen LogP contribution >= 0.6 is 0 Å². The van der Waals surface area contributed by atoms with Crippen LogP contribution in [0.25, 0.3) is 0 Å². The number of methoxy groups -OCH3 is 1. The van der Waals surface area contributed by atoms with Gasteiger partial charge in [-0.3, -0.25) is 4.79 Å². The average molecular weight is 384 g/mol. The third kappa shape index (κ3) is 6.93. The molecule has 1 aromatic rings. The van der Waals surface area contributed by atoms with Crippen molar-refractivity contribution in [3.05, 3.63) is 29.8 Å². The number of nitrogens with zero attached hydrogens (tertiary/aromatic N) is 1. The van der Waals surface area contributed by atoms with Gasteiger partial charge in [0.05, 0.1) is 19.5 Å². The molecule has 1 aromatic carbocycles. The van der Waals surface area contributed by atoms with Gasteiger partial charge in [-0.05, 0) is 37.0 Å². The third-order valence-corrected chi connectivity index (χ3v) is 5.65. The summed E-state index contributed by atoms with van der Waals surface area (Å²) in [4.78, 5) is 12.0. The highest BCUT2D eigenvalue weighted by molar-refractivity contribution is 7.88. The highest BCUT2D eigenvalue weighted by Gasteiger charge is 2.24. The van der Waals surface area contributed by atoms with E-state index in [4.69, 9.17) is 9.47 Å². The molecule has 1 N–H and O–H groups in total. The van der Waals surface area contributed by atoms with Gasteiger partial charge in [-0.1, -0.05) is 12.1 Å². The Kier molecular flexibility index (Phi) is 7.86. The summed E-state index contributed by atoms with van der Waals surface area (Å²) >= 11 is 0. The number of carbonyl (C=O) groups excluding carboxylic acids is 1. The van der Waals surface area contributed by atoms with Crippen LogP contribution in [0.15, 0.2) is 24.3 Å². The van der Waals surface area contributed by atoms with Gasteiger partial charge in [0.2, 0.25) is 15.9 Å². The smallest absolute Gasteiger partial charge is 0.221 e. The van der Waals surface area contributed by atoms with Crippen LogP contribution in [0.1, 0.15) is 24.8 Å². The van der Waals surface area contributed by atoms with Gasteiger partial charge in [0.1, 0.15) is 5.75 Å². The van der Waals surface area contributed by atoms with E-state index >= 15 is 0 Å². The molecule has 1 amide bonds. The molecule has 1 fully saturated rings. The van der Waals surface area contributed by atoms with E-state index in [9.17, 15) is 13.2 Å². The first-order valence-electron chi connectivity index (χ1n) is 8.85. The van der Waals surface area contributed by atoms with Crippen LogP contribution in [0.3, 0.4) is 0 Å². The minimum absolute atomic E-state index is 0.0668. The zero-order chi connectivity index (χ0) is 19.0. The number of rotatable bonds is 10. The average Bonchev–Trinajstić information content (AvgIpc) is 3.11. The van der Waals surface area contributed by atoms with Crippen molar-refractivity contribution in [1.82, 2.24) is 9.62 Å². The predicted molar refractivity (Wildman–Crippen MR) is 99.7 cm³/mol. The SMILES string of the molecule is COc1ccc(CCNC(=O)CCN(CC2CCCO2)S(C)(=O)=O)cc1. The predicted octanol–water partition coefficient (Wildman–Crippen LogP) is 1.18. The Morgan fingerprint density at radius 1 is 1.35 bits per heavy atom. The van der Waals surface area contributed by atoms with E-state index in [0.29, 0.717) is 26.1 Å². The van der Waals surface area contributed by atoms with Crippen LogP contribution in [-0.4, -0.2) is 64.3 Å². The van der Waals surface area contributed by atoms with Crippen LogP contribution in [0, 0.1) is 0 Å². The molecule has 26 heavy (non-hydrogen) atoms. The van der Waals surface area contributed by atoms with E-state index in [0.717, 1.165) is 24.2 Å². The van der Waals surface area contributed by atoms with Crippen molar-refractivity contribution in [1.29, 1.82) is 0 Å². The summed E-state index contributed by atoms with van der Waals surface area (Å²) in [5, 5.41) is 2.84. The minimum Gasteiger partial charge on any atom is -0.497 e. The maximum atomic E-state index is 12.0. The number of hydrogen-bond donors (Lipinski definition) is 1. The molecular formula is C18H28N2O5S. The number of nitrogens with one attached hydrogen (secondary N) is 1. The number of benzene rings is 1. The van der Waals surface area contributed by atoms with Gasteiger partial charge in [0, 0.05) is 32.7 Å². The molecule has 146 valence electrons. The normalized spacial score (nSPS) is 17.4. The number of carbonyl (C=O) groups is 1. The van der Waals surface area contributed by atoms with Crippen molar-refractivity contribution in [2.75, 3.05) is 39.6 Å². The Hall–Kier alpha value is -1.64. The van der Waals surface area contributed by atoms with Gasteiger partial charge in [-0.2, -0.15) is 4.31 Å². The molecule has 0 aliphatic carbocycles. The van der Waals surface area contributed by atoms with Gasteiger partial charge in [-0.15, -0.1) is 0 Å². The summed E-state index contributed by atoms with van der Waals surface area (Å²) in [7, 11) is -1.74. The lowest BCUT2D eigenvalue weighted by molar-refractivity contribution is -0.121. The van der Waals surface area contributed by atoms with Crippen molar-refractivity contribution in [2.45, 2.75) is 31.8 Å². The second-order valence-corrected chi connectivity index (χ2v) is 8.44. The molecule has 0 spiro atoms. The van der Waals surface area contributed by atoms with Gasteiger partial charge < -0.3 is 14.8 Å². The second kappa shape index (κ2) is 9.89. The van der Waals surface area contributed by atoms with E-state index < -0.39 is 10.0 Å². The summed E-state index contributed by atoms with van der Waals surface area (Å²) in [6.45, 7) is 1.68. The van der Waals surface area contributed by atoms with Crippen LogP contribution in [-0.2, 0) is 26.0 Å².